The van der Waals surface area contributed by atoms with E-state index in [0.717, 1.165) is 12.3 Å². The van der Waals surface area contributed by atoms with E-state index in [1.807, 2.05) is 0 Å². The van der Waals surface area contributed by atoms with E-state index in [9.17, 15) is 4.79 Å². The molecule has 0 saturated carbocycles. The van der Waals surface area contributed by atoms with Gasteiger partial charge < -0.3 is 4.74 Å². The van der Waals surface area contributed by atoms with Crippen molar-refractivity contribution in [1.29, 1.82) is 0 Å². The molecule has 0 aromatic carbocycles. The summed E-state index contributed by atoms with van der Waals surface area (Å²) >= 11 is 0. The third-order valence-electron chi connectivity index (χ3n) is 5.61. The molecule has 2 heteroatoms. The first-order chi connectivity index (χ1) is 12.7. The van der Waals surface area contributed by atoms with E-state index in [2.05, 4.69) is 18.6 Å². The Labute approximate surface area is 164 Å². The van der Waals surface area contributed by atoms with Crippen molar-refractivity contribution in [3.8, 4) is 0 Å². The highest BCUT2D eigenvalue weighted by molar-refractivity contribution is 5.68. The maximum atomic E-state index is 11.0. The highest BCUT2D eigenvalue weighted by Gasteiger charge is 2.02. The lowest BCUT2D eigenvalue weighted by Gasteiger charge is -2.11. The van der Waals surface area contributed by atoms with Gasteiger partial charge in [0.2, 0.25) is 0 Å². The number of carbonyl (C=O) groups excluding carboxylic acids is 1. The Morgan fingerprint density at radius 1 is 0.654 bits per heavy atom. The van der Waals surface area contributed by atoms with Crippen LogP contribution in [0.15, 0.2) is 0 Å². The second-order valence-corrected chi connectivity index (χ2v) is 8.31. The van der Waals surface area contributed by atoms with Gasteiger partial charge in [-0.25, -0.2) is 0 Å². The van der Waals surface area contributed by atoms with Gasteiger partial charge in [-0.05, 0) is 12.3 Å². The van der Waals surface area contributed by atoms with Gasteiger partial charge in [0, 0.05) is 6.42 Å². The molecule has 0 fully saturated rings. The van der Waals surface area contributed by atoms with Crippen molar-refractivity contribution in [2.24, 2.45) is 5.92 Å². The number of unbranched alkanes of at least 4 members (excludes halogenated alkanes) is 14. The predicted octanol–water partition coefficient (Wildman–Crippen LogP) is 8.23. The minimum absolute atomic E-state index is 0.0636. The minimum atomic E-state index is -0.0636. The monoisotopic (exact) mass is 368 g/mol. The Morgan fingerprint density at radius 3 is 1.46 bits per heavy atom. The van der Waals surface area contributed by atoms with Gasteiger partial charge in [0.1, 0.15) is 0 Å². The zero-order chi connectivity index (χ0) is 19.3. The fourth-order valence-electron chi connectivity index (χ4n) is 3.70. The molecule has 0 spiro atoms. The third kappa shape index (κ3) is 19.8. The van der Waals surface area contributed by atoms with Gasteiger partial charge in [0.15, 0.2) is 0 Å². The summed E-state index contributed by atoms with van der Waals surface area (Å²) in [5.41, 5.74) is 0. The fraction of sp³-hybridized carbons (Fsp3) is 0.958. The maximum Gasteiger partial charge on any atom is 0.305 e. The Bertz CT molecular complexity index is 288. The first kappa shape index (κ1) is 25.5. The van der Waals surface area contributed by atoms with E-state index < -0.39 is 0 Å². The van der Waals surface area contributed by atoms with Crippen LogP contribution >= 0.6 is 0 Å². The molecule has 0 saturated heterocycles. The van der Waals surface area contributed by atoms with Crippen LogP contribution in [0.4, 0.5) is 0 Å². The van der Waals surface area contributed by atoms with Gasteiger partial charge in [-0.15, -0.1) is 0 Å². The molecule has 0 N–H and O–H groups in total. The van der Waals surface area contributed by atoms with E-state index in [4.69, 9.17) is 0 Å². The molecule has 0 amide bonds. The van der Waals surface area contributed by atoms with Crippen molar-refractivity contribution in [2.75, 3.05) is 7.11 Å². The molecular formula is C24H48O2. The molecule has 0 aliphatic rings. The van der Waals surface area contributed by atoms with Crippen molar-refractivity contribution in [2.45, 2.75) is 136 Å². The van der Waals surface area contributed by atoms with E-state index in [0.29, 0.717) is 6.42 Å². The normalized spacial score (nSPS) is 12.3. The van der Waals surface area contributed by atoms with Crippen molar-refractivity contribution in [3.05, 3.63) is 0 Å². The Balaban J connectivity index is 3.15. The molecule has 0 aromatic heterocycles. The highest BCUT2D eigenvalue weighted by Crippen LogP contribution is 2.18. The number of methoxy groups -OCH3 is 1. The van der Waals surface area contributed by atoms with E-state index in [1.54, 1.807) is 0 Å². The van der Waals surface area contributed by atoms with Crippen LogP contribution < -0.4 is 0 Å². The molecule has 0 rings (SSSR count). The molecule has 1 unspecified atom stereocenters. The van der Waals surface area contributed by atoms with E-state index in [-0.39, 0.29) is 5.97 Å². The lowest BCUT2D eigenvalue weighted by Crippen LogP contribution is -1.99. The fourth-order valence-corrected chi connectivity index (χ4v) is 3.70. The van der Waals surface area contributed by atoms with Gasteiger partial charge in [-0.3, -0.25) is 4.79 Å². The minimum Gasteiger partial charge on any atom is -0.469 e. The number of carbonyl (C=O) groups is 1. The van der Waals surface area contributed by atoms with Crippen molar-refractivity contribution in [3.63, 3.8) is 0 Å². The van der Waals surface area contributed by atoms with Crippen LogP contribution in [0.2, 0.25) is 0 Å². The molecule has 0 radical (unpaired) electrons. The molecular weight excluding hydrogens is 320 g/mol. The van der Waals surface area contributed by atoms with Crippen LogP contribution in [0.3, 0.4) is 0 Å². The first-order valence-corrected chi connectivity index (χ1v) is 11.8. The standard InChI is InChI=1S/C24H48O2/c1-4-5-6-7-14-17-20-23(2)21-18-15-12-10-8-9-11-13-16-19-22-24(25)26-3/h23H,4-22H2,1-3H3. The zero-order valence-corrected chi connectivity index (χ0v) is 18.3. The molecule has 0 heterocycles. The number of hydrogen-bond acceptors (Lipinski definition) is 2. The topological polar surface area (TPSA) is 26.3 Å². The van der Waals surface area contributed by atoms with Gasteiger partial charge in [0.25, 0.3) is 0 Å². The second-order valence-electron chi connectivity index (χ2n) is 8.31. The van der Waals surface area contributed by atoms with Gasteiger partial charge in [-0.1, -0.05) is 123 Å². The van der Waals surface area contributed by atoms with Crippen LogP contribution in [0, 0.1) is 5.92 Å². The van der Waals surface area contributed by atoms with Crippen LogP contribution in [0.5, 0.6) is 0 Å². The molecule has 156 valence electrons. The lowest BCUT2D eigenvalue weighted by atomic mass is 9.96. The van der Waals surface area contributed by atoms with E-state index >= 15 is 0 Å². The van der Waals surface area contributed by atoms with Crippen LogP contribution in [0.1, 0.15) is 136 Å². The largest absolute Gasteiger partial charge is 0.469 e. The smallest absolute Gasteiger partial charge is 0.305 e. The van der Waals surface area contributed by atoms with Crippen LogP contribution in [-0.4, -0.2) is 13.1 Å². The third-order valence-corrected chi connectivity index (χ3v) is 5.61. The summed E-state index contributed by atoms with van der Waals surface area (Å²) in [5, 5.41) is 0. The second kappa shape index (κ2) is 20.8. The van der Waals surface area contributed by atoms with Crippen LogP contribution in [-0.2, 0) is 9.53 Å². The highest BCUT2D eigenvalue weighted by atomic mass is 16.5. The maximum absolute atomic E-state index is 11.0. The van der Waals surface area contributed by atoms with Crippen molar-refractivity contribution in [1.82, 2.24) is 0 Å². The summed E-state index contributed by atoms with van der Waals surface area (Å²) in [7, 11) is 1.47. The van der Waals surface area contributed by atoms with Crippen molar-refractivity contribution >= 4 is 5.97 Å². The number of ether oxygens (including phenoxy) is 1. The molecule has 26 heavy (non-hydrogen) atoms. The van der Waals surface area contributed by atoms with Crippen LogP contribution in [0.25, 0.3) is 0 Å². The van der Waals surface area contributed by atoms with Gasteiger partial charge in [0.05, 0.1) is 7.11 Å². The Morgan fingerprint density at radius 2 is 1.04 bits per heavy atom. The Kier molecular flexibility index (Phi) is 20.4. The summed E-state index contributed by atoms with van der Waals surface area (Å²) in [6, 6.07) is 0. The molecule has 0 bridgehead atoms. The molecule has 0 aromatic rings. The number of rotatable bonds is 20. The average molecular weight is 369 g/mol. The SMILES string of the molecule is CCCCCCCCC(C)CCCCCCCCCCCCC(=O)OC. The zero-order valence-electron chi connectivity index (χ0n) is 18.3. The summed E-state index contributed by atoms with van der Waals surface area (Å²) in [6.45, 7) is 4.74. The molecule has 0 aliphatic carbocycles. The summed E-state index contributed by atoms with van der Waals surface area (Å²) in [5.74, 6) is 0.873. The van der Waals surface area contributed by atoms with Crippen molar-refractivity contribution < 1.29 is 9.53 Å². The quantitative estimate of drug-likeness (QED) is 0.160. The summed E-state index contributed by atoms with van der Waals surface area (Å²) < 4.78 is 4.65. The summed E-state index contributed by atoms with van der Waals surface area (Å²) in [6.07, 6.45) is 25.3. The molecule has 0 aliphatic heterocycles. The van der Waals surface area contributed by atoms with Gasteiger partial charge >= 0.3 is 5.97 Å². The van der Waals surface area contributed by atoms with Gasteiger partial charge in [-0.2, -0.15) is 0 Å². The van der Waals surface area contributed by atoms with E-state index in [1.165, 1.54) is 116 Å². The predicted molar refractivity (Wildman–Crippen MR) is 115 cm³/mol. The average Bonchev–Trinajstić information content (AvgIpc) is 2.65. The summed E-state index contributed by atoms with van der Waals surface area (Å²) in [4.78, 5) is 11.0. The molecule has 2 nitrogen and oxygen atoms in total. The molecule has 1 atom stereocenters. The number of esters is 1. The Hall–Kier alpha value is -0.530. The first-order valence-electron chi connectivity index (χ1n) is 11.8. The number of hydrogen-bond donors (Lipinski definition) is 0. The lowest BCUT2D eigenvalue weighted by molar-refractivity contribution is -0.140.